The minimum atomic E-state index is -2.75. The summed E-state index contributed by atoms with van der Waals surface area (Å²) in [4.78, 5) is 73.0. The van der Waals surface area contributed by atoms with Crippen LogP contribution in [0.25, 0.3) is 22.1 Å². The van der Waals surface area contributed by atoms with Crippen LogP contribution in [0.4, 0.5) is 0 Å². The fourth-order valence-corrected chi connectivity index (χ4v) is 8.67. The molecule has 1 amide bonds. The first-order valence-corrected chi connectivity index (χ1v) is 19.9. The second kappa shape index (κ2) is 17.8. The summed E-state index contributed by atoms with van der Waals surface area (Å²) in [7, 11) is 3.06. The maximum absolute atomic E-state index is 13.3. The number of aliphatic carboxylic acids is 1. The number of aryl methyl sites for hydroxylation is 1. The van der Waals surface area contributed by atoms with Gasteiger partial charge in [0.1, 0.15) is 34.2 Å². The number of ketones is 3. The molecule has 3 aliphatic carbocycles. The third-order valence-corrected chi connectivity index (χ3v) is 11.8. The Balaban J connectivity index is 0.000000179. The molecule has 16 nitrogen and oxygen atoms in total. The van der Waals surface area contributed by atoms with E-state index < -0.39 is 86.6 Å². The zero-order chi connectivity index (χ0) is 47.0. The van der Waals surface area contributed by atoms with Crippen molar-refractivity contribution < 1.29 is 64.1 Å². The van der Waals surface area contributed by atoms with Gasteiger partial charge < -0.3 is 45.9 Å². The number of carboxylic acid groups (broad SMARTS) is 1. The molecule has 8 rings (SSSR count). The molecular weight excluding hydrogens is 829 g/mol. The third kappa shape index (κ3) is 8.41. The Kier molecular flexibility index (Phi) is 12.8. The van der Waals surface area contributed by atoms with Crippen molar-refractivity contribution in [3.8, 4) is 22.6 Å². The molecule has 9 N–H and O–H groups in total. The van der Waals surface area contributed by atoms with Crippen LogP contribution in [0.5, 0.6) is 11.5 Å². The van der Waals surface area contributed by atoms with Crippen molar-refractivity contribution in [3.63, 3.8) is 0 Å². The highest BCUT2D eigenvalue weighted by molar-refractivity contribution is 6.25. The number of aliphatic hydroxyl groups excluding tert-OH is 2. The zero-order valence-corrected chi connectivity index (χ0v) is 35.1. The van der Waals surface area contributed by atoms with E-state index in [2.05, 4.69) is 0 Å². The van der Waals surface area contributed by atoms with Crippen molar-refractivity contribution in [1.29, 1.82) is 0 Å². The Morgan fingerprint density at radius 2 is 1.47 bits per heavy atom. The van der Waals surface area contributed by atoms with Gasteiger partial charge in [0.25, 0.3) is 5.91 Å². The number of Topliss-reactive ketones (excluding diaryl/α,β-unsaturated/α-hetero) is 3. The molecule has 0 radical (unpaired) electrons. The molecule has 1 aromatic heterocycles. The van der Waals surface area contributed by atoms with Crippen molar-refractivity contribution >= 4 is 40.2 Å². The number of nitrogens with two attached hydrogens (primary N) is 1. The summed E-state index contributed by atoms with van der Waals surface area (Å²) in [6.45, 7) is 3.23. The number of phenols is 2. The molecule has 5 aromatic rings. The lowest BCUT2D eigenvalue weighted by Crippen LogP contribution is -2.65. The molecule has 0 saturated carbocycles. The van der Waals surface area contributed by atoms with Crippen LogP contribution in [0, 0.1) is 18.8 Å². The number of carboxylic acids is 1. The van der Waals surface area contributed by atoms with Crippen molar-refractivity contribution in [1.82, 2.24) is 4.90 Å². The monoisotopic (exact) mass is 874 g/mol. The number of primary amides is 1. The van der Waals surface area contributed by atoms with E-state index in [1.165, 1.54) is 56.3 Å². The van der Waals surface area contributed by atoms with Gasteiger partial charge in [-0.15, -0.1) is 0 Å². The highest BCUT2D eigenvalue weighted by Gasteiger charge is 2.65. The number of carbonyl (C=O) groups is 5. The van der Waals surface area contributed by atoms with Gasteiger partial charge in [0, 0.05) is 46.9 Å². The number of aromatic hydroxyl groups is 2. The molecule has 0 aliphatic heterocycles. The van der Waals surface area contributed by atoms with Crippen LogP contribution in [0.1, 0.15) is 58.0 Å². The molecule has 4 aromatic carbocycles. The molecule has 5 atom stereocenters. The maximum atomic E-state index is 13.3. The number of hydrogen-bond acceptors (Lipinski definition) is 14. The maximum Gasteiger partial charge on any atom is 0.336 e. The lowest BCUT2D eigenvalue weighted by atomic mass is 9.55. The van der Waals surface area contributed by atoms with E-state index in [9.17, 15) is 54.3 Å². The molecule has 1 heterocycles. The third-order valence-electron chi connectivity index (χ3n) is 11.8. The SMILES string of the molecule is CN(C)[C@@H]1C(O)=C(C(N)=O)C(=O)[C@@]2(O)C(O)=C3C(=O)c4c(O)cccc4[C@@](C)(O)[C@H]3C[C@@H]12.Cc1cc(=O)oc2cc(O)ccc12.O=C(O)CCC(=O)c1ccc(-c2ccccc2)cc1. The number of carbonyl (C=O) groups excluding carboxylic acids is 4. The summed E-state index contributed by atoms with van der Waals surface area (Å²) in [5.74, 6) is -8.88. The van der Waals surface area contributed by atoms with Crippen LogP contribution in [-0.4, -0.2) is 95.6 Å². The van der Waals surface area contributed by atoms with Crippen LogP contribution >= 0.6 is 0 Å². The van der Waals surface area contributed by atoms with Gasteiger partial charge >= 0.3 is 11.6 Å². The highest BCUT2D eigenvalue weighted by Crippen LogP contribution is 2.56. The highest BCUT2D eigenvalue weighted by atomic mass is 16.4. The standard InChI is InChI=1S/C22H24N2O8.C16H14O3.C10H8O3/c1-21(31)8-5-4-6-11(25)12(8)16(26)13-9(21)7-10-15(24(2)3)17(27)14(20(23)30)19(29)22(10,32)18(13)28;17-15(10-11-16(18)19)14-8-6-13(7-9-14)12-4-2-1-3-5-12;1-6-4-10(12)13-9-5-7(11)2-3-8(6)9/h4-6,9-10,15,25,27-28,31-32H,7H2,1-3H3,(H2,23,30);1-9H,10-11H2,(H,18,19);2-5,11H,1H3/t9-,10-,15-,21+,22-;;/m0../s1. The summed E-state index contributed by atoms with van der Waals surface area (Å²) >= 11 is 0. The molecule has 64 heavy (non-hydrogen) atoms. The second-order valence-electron chi connectivity index (χ2n) is 16.2. The average molecular weight is 875 g/mol. The normalized spacial score (nSPS) is 22.3. The smallest absolute Gasteiger partial charge is 0.336 e. The van der Waals surface area contributed by atoms with Crippen LogP contribution in [0.3, 0.4) is 0 Å². The number of aliphatic hydroxyl groups is 4. The van der Waals surface area contributed by atoms with E-state index in [0.29, 0.717) is 11.1 Å². The van der Waals surface area contributed by atoms with E-state index in [1.807, 2.05) is 49.4 Å². The fraction of sp³-hybridized carbons (Fsp3) is 0.250. The molecule has 0 unspecified atom stereocenters. The van der Waals surface area contributed by atoms with Gasteiger partial charge in [-0.3, -0.25) is 28.9 Å². The van der Waals surface area contributed by atoms with Gasteiger partial charge in [-0.25, -0.2) is 4.79 Å². The molecular formula is C48H46N2O14. The molecule has 0 bridgehead atoms. The summed E-state index contributed by atoms with van der Waals surface area (Å²) in [5.41, 5.74) is 2.91. The summed E-state index contributed by atoms with van der Waals surface area (Å²) in [5, 5.41) is 73.6. The Hall–Kier alpha value is -7.40. The van der Waals surface area contributed by atoms with Gasteiger partial charge in [0.05, 0.1) is 23.6 Å². The number of nitrogens with zero attached hydrogens (tertiary/aromatic N) is 1. The predicted octanol–water partition coefficient (Wildman–Crippen LogP) is 4.99. The van der Waals surface area contributed by atoms with E-state index in [-0.39, 0.29) is 41.9 Å². The van der Waals surface area contributed by atoms with Gasteiger partial charge in [0.15, 0.2) is 17.2 Å². The predicted molar refractivity (Wildman–Crippen MR) is 232 cm³/mol. The number of likely N-dealkylation sites (N-methyl/N-ethyl adjacent to an activating group) is 1. The van der Waals surface area contributed by atoms with Crippen molar-refractivity contribution in [2.45, 2.75) is 50.4 Å². The summed E-state index contributed by atoms with van der Waals surface area (Å²) in [6.07, 6.45) is -0.284. The topological polar surface area (TPSA) is 286 Å². The van der Waals surface area contributed by atoms with Crippen molar-refractivity contribution in [3.05, 3.63) is 152 Å². The van der Waals surface area contributed by atoms with Crippen LogP contribution < -0.4 is 11.4 Å². The second-order valence-corrected chi connectivity index (χ2v) is 16.2. The van der Waals surface area contributed by atoms with Crippen molar-refractivity contribution in [2.24, 2.45) is 17.6 Å². The molecule has 0 fully saturated rings. The lowest BCUT2D eigenvalue weighted by Gasteiger charge is -2.52. The first-order chi connectivity index (χ1) is 30.1. The van der Waals surface area contributed by atoms with Crippen LogP contribution in [-0.2, 0) is 20.0 Å². The number of phenolic OH excluding ortho intramolecular Hbond substituents is 2. The minimum absolute atomic E-state index is 0.0417. The quantitative estimate of drug-likeness (QED) is 0.0607. The van der Waals surface area contributed by atoms with Gasteiger partial charge in [0.2, 0.25) is 5.78 Å². The molecule has 0 spiro atoms. The van der Waals surface area contributed by atoms with E-state index >= 15 is 0 Å². The van der Waals surface area contributed by atoms with Gasteiger partial charge in [-0.1, -0.05) is 66.7 Å². The summed E-state index contributed by atoms with van der Waals surface area (Å²) < 4.78 is 4.91. The molecule has 3 aliphatic rings. The number of amides is 1. The molecule has 332 valence electrons. The molecule has 16 heteroatoms. The van der Waals surface area contributed by atoms with Gasteiger partial charge in [-0.2, -0.15) is 0 Å². The lowest BCUT2D eigenvalue weighted by molar-refractivity contribution is -0.152. The minimum Gasteiger partial charge on any atom is -0.510 e. The average Bonchev–Trinajstić information content (AvgIpc) is 3.23. The van der Waals surface area contributed by atoms with Gasteiger partial charge in [-0.05, 0) is 74.8 Å². The first-order valence-electron chi connectivity index (χ1n) is 19.9. The van der Waals surface area contributed by atoms with E-state index in [1.54, 1.807) is 24.3 Å². The number of benzene rings is 4. The van der Waals surface area contributed by atoms with Crippen LogP contribution in [0.2, 0.25) is 0 Å². The fourth-order valence-electron chi connectivity index (χ4n) is 8.67. The zero-order valence-electron chi connectivity index (χ0n) is 35.1. The Morgan fingerprint density at radius 3 is 2.08 bits per heavy atom. The van der Waals surface area contributed by atoms with E-state index in [4.69, 9.17) is 20.4 Å². The number of rotatable bonds is 7. The number of fused-ring (bicyclic) bond motifs is 4. The largest absolute Gasteiger partial charge is 0.510 e. The first kappa shape index (κ1) is 46.1. The van der Waals surface area contributed by atoms with Crippen molar-refractivity contribution in [2.75, 3.05) is 14.1 Å². The molecule has 0 saturated heterocycles. The Bertz CT molecular complexity index is 2820. The van der Waals surface area contributed by atoms with Crippen LogP contribution in [0.15, 0.2) is 129 Å². The summed E-state index contributed by atoms with van der Waals surface area (Å²) in [6, 6.07) is 26.3. The number of hydrogen-bond donors (Lipinski definition) is 8. The van der Waals surface area contributed by atoms with E-state index in [0.717, 1.165) is 22.1 Å². The Morgan fingerprint density at radius 1 is 0.828 bits per heavy atom. The Labute approximate surface area is 365 Å².